The molecule has 3 rings (SSSR count). The number of anilines is 1. The average Bonchev–Trinajstić information content (AvgIpc) is 3.18. The molecule has 2 N–H and O–H groups in total. The van der Waals surface area contributed by atoms with E-state index < -0.39 is 11.5 Å². The van der Waals surface area contributed by atoms with Crippen molar-refractivity contribution < 1.29 is 14.3 Å². The number of nitrogens with zero attached hydrogens (tertiary/aromatic N) is 2. The summed E-state index contributed by atoms with van der Waals surface area (Å²) in [6, 6.07) is 6.95. The van der Waals surface area contributed by atoms with Crippen LogP contribution in [0, 0.1) is 6.92 Å². The van der Waals surface area contributed by atoms with Crippen LogP contribution in [0.25, 0.3) is 0 Å². The molecule has 0 radical (unpaired) electrons. The average molecular weight is 342 g/mol. The van der Waals surface area contributed by atoms with Gasteiger partial charge in [-0.25, -0.2) is 4.79 Å². The predicted molar refractivity (Wildman–Crippen MR) is 93.5 cm³/mol. The first-order valence-corrected chi connectivity index (χ1v) is 8.28. The van der Waals surface area contributed by atoms with Gasteiger partial charge in [0.1, 0.15) is 5.54 Å². The zero-order valence-corrected chi connectivity index (χ0v) is 14.4. The van der Waals surface area contributed by atoms with Crippen molar-refractivity contribution in [3.63, 3.8) is 0 Å². The Bertz CT molecular complexity index is 765. The molecule has 132 valence electrons. The highest BCUT2D eigenvalue weighted by molar-refractivity contribution is 5.99. The third-order valence-electron chi connectivity index (χ3n) is 4.70. The Labute approximate surface area is 146 Å². The van der Waals surface area contributed by atoms with Crippen molar-refractivity contribution in [1.82, 2.24) is 15.1 Å². The highest BCUT2D eigenvalue weighted by Crippen LogP contribution is 2.29. The predicted octanol–water partition coefficient (Wildman–Crippen LogP) is 1.70. The smallest absolute Gasteiger partial charge is 0.337 e. The lowest BCUT2D eigenvalue weighted by atomic mass is 9.87. The first-order valence-electron chi connectivity index (χ1n) is 8.28. The minimum Gasteiger partial charge on any atom is -0.465 e. The Morgan fingerprint density at radius 3 is 2.72 bits per heavy atom. The third-order valence-corrected chi connectivity index (χ3v) is 4.70. The lowest BCUT2D eigenvalue weighted by molar-refractivity contribution is -0.126. The van der Waals surface area contributed by atoms with Crippen LogP contribution in [-0.2, 0) is 15.1 Å². The molecule has 0 saturated carbocycles. The lowest BCUT2D eigenvalue weighted by Gasteiger charge is -2.36. The van der Waals surface area contributed by atoms with Crippen LogP contribution in [-0.4, -0.2) is 41.9 Å². The van der Waals surface area contributed by atoms with Gasteiger partial charge < -0.3 is 15.4 Å². The number of aryl methyl sites for hydroxylation is 1. The van der Waals surface area contributed by atoms with Crippen molar-refractivity contribution in [2.75, 3.05) is 25.5 Å². The van der Waals surface area contributed by atoms with Gasteiger partial charge in [-0.1, -0.05) is 6.07 Å². The van der Waals surface area contributed by atoms with E-state index in [0.717, 1.165) is 18.7 Å². The van der Waals surface area contributed by atoms with E-state index in [4.69, 9.17) is 4.74 Å². The van der Waals surface area contributed by atoms with Crippen LogP contribution in [0.2, 0.25) is 0 Å². The monoisotopic (exact) mass is 342 g/mol. The maximum atomic E-state index is 13.2. The van der Waals surface area contributed by atoms with Crippen LogP contribution in [0.3, 0.4) is 0 Å². The molecule has 1 amide bonds. The van der Waals surface area contributed by atoms with Crippen molar-refractivity contribution in [2.24, 2.45) is 0 Å². The number of hydrogen-bond acceptors (Lipinski definition) is 5. The first kappa shape index (κ1) is 17.2. The maximum absolute atomic E-state index is 13.2. The number of hydrogen-bond donors (Lipinski definition) is 2. The van der Waals surface area contributed by atoms with Crippen LogP contribution in [0.15, 0.2) is 36.7 Å². The Hall–Kier alpha value is -2.67. The second-order valence-corrected chi connectivity index (χ2v) is 6.21. The molecule has 0 atom stereocenters. The van der Waals surface area contributed by atoms with Crippen LogP contribution in [0.1, 0.15) is 28.8 Å². The van der Waals surface area contributed by atoms with E-state index in [9.17, 15) is 9.59 Å². The summed E-state index contributed by atoms with van der Waals surface area (Å²) in [5, 5.41) is 10.6. The van der Waals surface area contributed by atoms with E-state index in [1.165, 1.54) is 7.11 Å². The number of methoxy groups -OCH3 is 1. The fraction of sp³-hybridized carbons (Fsp3) is 0.389. The van der Waals surface area contributed by atoms with Crippen molar-refractivity contribution in [3.05, 3.63) is 47.8 Å². The van der Waals surface area contributed by atoms with Gasteiger partial charge in [0, 0.05) is 18.1 Å². The number of amides is 1. The molecule has 0 aliphatic carbocycles. The topological polar surface area (TPSA) is 85.2 Å². The molecule has 1 aliphatic heterocycles. The van der Waals surface area contributed by atoms with E-state index in [0.29, 0.717) is 24.1 Å². The molecule has 2 heterocycles. The maximum Gasteiger partial charge on any atom is 0.337 e. The van der Waals surface area contributed by atoms with Gasteiger partial charge in [-0.2, -0.15) is 5.10 Å². The van der Waals surface area contributed by atoms with Gasteiger partial charge in [-0.05, 0) is 56.6 Å². The first-order chi connectivity index (χ1) is 12.1. The van der Waals surface area contributed by atoms with Gasteiger partial charge >= 0.3 is 5.97 Å². The molecule has 1 saturated heterocycles. The second-order valence-electron chi connectivity index (χ2n) is 6.21. The fourth-order valence-electron chi connectivity index (χ4n) is 3.16. The van der Waals surface area contributed by atoms with Crippen molar-refractivity contribution >= 4 is 17.6 Å². The van der Waals surface area contributed by atoms with Gasteiger partial charge in [0.2, 0.25) is 0 Å². The molecule has 1 aliphatic rings. The van der Waals surface area contributed by atoms with Gasteiger partial charge in [0.25, 0.3) is 5.91 Å². The highest BCUT2D eigenvalue weighted by Gasteiger charge is 2.42. The number of carbonyl (C=O) groups is 2. The molecule has 0 bridgehead atoms. The molecule has 1 fully saturated rings. The van der Waals surface area contributed by atoms with E-state index in [1.54, 1.807) is 29.1 Å². The second kappa shape index (κ2) is 7.06. The Morgan fingerprint density at radius 1 is 1.32 bits per heavy atom. The molecule has 0 unspecified atom stereocenters. The summed E-state index contributed by atoms with van der Waals surface area (Å²) >= 11 is 0. The Balaban J connectivity index is 1.91. The Kier molecular flexibility index (Phi) is 4.85. The number of benzene rings is 1. The number of esters is 1. The van der Waals surface area contributed by atoms with Gasteiger partial charge in [0.15, 0.2) is 0 Å². The van der Waals surface area contributed by atoms with Crippen LogP contribution in [0.5, 0.6) is 0 Å². The summed E-state index contributed by atoms with van der Waals surface area (Å²) < 4.78 is 6.50. The largest absolute Gasteiger partial charge is 0.465 e. The molecular weight excluding hydrogens is 320 g/mol. The van der Waals surface area contributed by atoms with E-state index in [-0.39, 0.29) is 5.91 Å². The van der Waals surface area contributed by atoms with E-state index in [1.807, 2.05) is 19.2 Å². The molecule has 25 heavy (non-hydrogen) atoms. The van der Waals surface area contributed by atoms with Gasteiger partial charge in [-0.3, -0.25) is 9.48 Å². The number of ether oxygens (including phenoxy) is 1. The zero-order valence-electron chi connectivity index (χ0n) is 14.4. The normalized spacial score (nSPS) is 16.2. The molecule has 1 aromatic heterocycles. The van der Waals surface area contributed by atoms with Crippen LogP contribution < -0.4 is 10.6 Å². The molecule has 7 nitrogen and oxygen atoms in total. The quantitative estimate of drug-likeness (QED) is 0.826. The Morgan fingerprint density at radius 2 is 2.08 bits per heavy atom. The fourth-order valence-corrected chi connectivity index (χ4v) is 3.16. The van der Waals surface area contributed by atoms with E-state index in [2.05, 4.69) is 15.7 Å². The van der Waals surface area contributed by atoms with E-state index >= 15 is 0 Å². The van der Waals surface area contributed by atoms with Crippen molar-refractivity contribution in [1.29, 1.82) is 0 Å². The number of nitrogens with one attached hydrogen (secondary N) is 2. The summed E-state index contributed by atoms with van der Waals surface area (Å²) in [6.45, 7) is 3.38. The summed E-state index contributed by atoms with van der Waals surface area (Å²) in [5.74, 6) is -0.554. The van der Waals surface area contributed by atoms with Crippen molar-refractivity contribution in [3.8, 4) is 0 Å². The molecule has 0 spiro atoms. The zero-order chi connectivity index (χ0) is 17.9. The summed E-state index contributed by atoms with van der Waals surface area (Å²) in [4.78, 5) is 24.9. The number of rotatable bonds is 4. The number of piperidine rings is 1. The van der Waals surface area contributed by atoms with Crippen molar-refractivity contribution in [2.45, 2.75) is 25.3 Å². The number of aromatic nitrogens is 2. The van der Waals surface area contributed by atoms with Crippen LogP contribution >= 0.6 is 0 Å². The summed E-state index contributed by atoms with van der Waals surface area (Å²) in [7, 11) is 1.34. The van der Waals surface area contributed by atoms with Gasteiger partial charge in [0.05, 0.1) is 12.7 Å². The van der Waals surface area contributed by atoms with Gasteiger partial charge in [-0.15, -0.1) is 0 Å². The highest BCUT2D eigenvalue weighted by atomic mass is 16.5. The number of carbonyl (C=O) groups excluding carboxylic acids is 2. The van der Waals surface area contributed by atoms with Crippen LogP contribution in [0.4, 0.5) is 5.69 Å². The lowest BCUT2D eigenvalue weighted by Crippen LogP contribution is -2.52. The summed E-state index contributed by atoms with van der Waals surface area (Å²) in [5.41, 5.74) is 1.16. The third kappa shape index (κ3) is 3.28. The minimum absolute atomic E-state index is 0.122. The standard InChI is InChI=1S/C18H22N4O3/c1-13-4-5-14(16(23)25-2)12-15(13)21-17(24)18(6-9-19-10-7-18)22-11-3-8-20-22/h3-5,8,11-12,19H,6-7,9-10H2,1-2H3,(H,21,24). The molecule has 2 aromatic rings. The molecule has 7 heteroatoms. The minimum atomic E-state index is -0.734. The summed E-state index contributed by atoms with van der Waals surface area (Å²) in [6.07, 6.45) is 4.80. The molecule has 1 aromatic carbocycles. The SMILES string of the molecule is COC(=O)c1ccc(C)c(NC(=O)C2(n3cccn3)CCNCC2)c1. The molecular formula is C18H22N4O3.